The Bertz CT molecular complexity index is 1080. The van der Waals surface area contributed by atoms with Gasteiger partial charge in [-0.05, 0) is 80.7 Å². The highest BCUT2D eigenvalue weighted by Gasteiger charge is 2.41. The maximum atomic E-state index is 5.81. The normalized spacial score (nSPS) is 18.7. The molecule has 1 saturated heterocycles. The number of para-hydroxylation sites is 1. The average molecular weight is 433 g/mol. The van der Waals surface area contributed by atoms with E-state index in [0.717, 1.165) is 17.4 Å². The number of rotatable bonds is 5. The highest BCUT2D eigenvalue weighted by Crippen LogP contribution is 2.42. The topological polar surface area (TPSA) is 33.1 Å². The third kappa shape index (κ3) is 3.87. The molecule has 1 fully saturated rings. The van der Waals surface area contributed by atoms with Gasteiger partial charge in [0.05, 0.1) is 23.5 Å². The van der Waals surface area contributed by atoms with Crippen LogP contribution in [-0.2, 0) is 0 Å². The fraction of sp³-hybridized carbons (Fsp3) is 0.385. The highest BCUT2D eigenvalue weighted by molar-refractivity contribution is 7.80. The Kier molecular flexibility index (Phi) is 5.89. The molecule has 162 valence electrons. The summed E-state index contributed by atoms with van der Waals surface area (Å²) in [6, 6.07) is 15.1. The van der Waals surface area contributed by atoms with Gasteiger partial charge in [0, 0.05) is 24.1 Å². The lowest BCUT2D eigenvalue weighted by Gasteiger charge is -2.29. The van der Waals surface area contributed by atoms with Gasteiger partial charge in [-0.1, -0.05) is 38.1 Å². The molecule has 2 atom stereocenters. The molecule has 0 aliphatic carbocycles. The lowest BCUT2D eigenvalue weighted by atomic mass is 9.96. The molecule has 4 nitrogen and oxygen atoms in total. The van der Waals surface area contributed by atoms with Crippen LogP contribution < -0.4 is 5.32 Å². The first-order chi connectivity index (χ1) is 14.8. The molecule has 0 unspecified atom stereocenters. The fourth-order valence-corrected chi connectivity index (χ4v) is 5.24. The second-order valence-electron chi connectivity index (χ2n) is 9.08. The molecule has 0 amide bonds. The molecular weight excluding hydrogens is 400 g/mol. The van der Waals surface area contributed by atoms with Crippen LogP contribution in [0.5, 0.6) is 0 Å². The van der Waals surface area contributed by atoms with Crippen molar-refractivity contribution in [3.05, 3.63) is 82.4 Å². The third-order valence-corrected chi connectivity index (χ3v) is 6.56. The monoisotopic (exact) mass is 432 g/mol. The number of benzene rings is 1. The van der Waals surface area contributed by atoms with E-state index in [0.29, 0.717) is 5.92 Å². The molecule has 1 aliphatic rings. The molecule has 4 rings (SSSR count). The molecule has 0 spiro atoms. The Hall–Kier alpha value is -2.66. The minimum Gasteiger partial charge on any atom is -0.352 e. The van der Waals surface area contributed by atoms with Crippen LogP contribution in [0.15, 0.2) is 48.7 Å². The predicted octanol–water partition coefficient (Wildman–Crippen LogP) is 5.73. The molecule has 1 N–H and O–H groups in total. The van der Waals surface area contributed by atoms with Crippen molar-refractivity contribution in [3.8, 4) is 5.69 Å². The van der Waals surface area contributed by atoms with Gasteiger partial charge in [-0.3, -0.25) is 4.98 Å². The maximum Gasteiger partial charge on any atom is 0.170 e. The van der Waals surface area contributed by atoms with Gasteiger partial charge < -0.3 is 14.8 Å². The lowest BCUT2D eigenvalue weighted by Crippen LogP contribution is -2.33. The number of hydrogen-bond acceptors (Lipinski definition) is 2. The van der Waals surface area contributed by atoms with Gasteiger partial charge >= 0.3 is 0 Å². The molecule has 3 aromatic rings. The van der Waals surface area contributed by atoms with Crippen LogP contribution in [0.1, 0.15) is 59.7 Å². The van der Waals surface area contributed by atoms with E-state index < -0.39 is 0 Å². The van der Waals surface area contributed by atoms with Crippen molar-refractivity contribution < 1.29 is 0 Å². The van der Waals surface area contributed by atoms with Gasteiger partial charge in [0.1, 0.15) is 0 Å². The first-order valence-corrected chi connectivity index (χ1v) is 11.4. The van der Waals surface area contributed by atoms with Crippen LogP contribution in [0.2, 0.25) is 0 Å². The second kappa shape index (κ2) is 8.46. The lowest BCUT2D eigenvalue weighted by molar-refractivity contribution is 0.287. The molecule has 1 aliphatic heterocycles. The summed E-state index contributed by atoms with van der Waals surface area (Å²) in [5.74, 6) is 0.506. The summed E-state index contributed by atoms with van der Waals surface area (Å²) in [5.41, 5.74) is 8.69. The van der Waals surface area contributed by atoms with Gasteiger partial charge in [-0.25, -0.2) is 0 Å². The van der Waals surface area contributed by atoms with Crippen molar-refractivity contribution in [3.63, 3.8) is 0 Å². The SMILES string of the molecule is Cc1cccc(C)c1-n1c(C)cc([C@H]2[C@@H](c3ccccn3)NC(=S)N2CC(C)C)c1C. The van der Waals surface area contributed by atoms with Crippen molar-refractivity contribution >= 4 is 17.3 Å². The van der Waals surface area contributed by atoms with Crippen LogP contribution in [-0.4, -0.2) is 26.1 Å². The van der Waals surface area contributed by atoms with Crippen LogP contribution >= 0.6 is 12.2 Å². The van der Waals surface area contributed by atoms with E-state index in [4.69, 9.17) is 12.2 Å². The van der Waals surface area contributed by atoms with Crippen molar-refractivity contribution in [1.29, 1.82) is 0 Å². The Morgan fingerprint density at radius 1 is 1.03 bits per heavy atom. The van der Waals surface area contributed by atoms with E-state index in [2.05, 4.69) is 97.7 Å². The van der Waals surface area contributed by atoms with Crippen LogP contribution in [0.3, 0.4) is 0 Å². The van der Waals surface area contributed by atoms with E-state index in [1.54, 1.807) is 0 Å². The molecule has 1 aromatic carbocycles. The molecule has 31 heavy (non-hydrogen) atoms. The Balaban J connectivity index is 1.88. The summed E-state index contributed by atoms with van der Waals surface area (Å²) >= 11 is 5.81. The zero-order chi connectivity index (χ0) is 22.3. The summed E-state index contributed by atoms with van der Waals surface area (Å²) in [7, 11) is 0. The van der Waals surface area contributed by atoms with E-state index >= 15 is 0 Å². The molecule has 5 heteroatoms. The first-order valence-electron chi connectivity index (χ1n) is 11.0. The molecule has 0 bridgehead atoms. The van der Waals surface area contributed by atoms with Crippen LogP contribution in [0, 0.1) is 33.6 Å². The summed E-state index contributed by atoms with van der Waals surface area (Å²) in [6.45, 7) is 14.2. The zero-order valence-electron chi connectivity index (χ0n) is 19.3. The Morgan fingerprint density at radius 2 is 1.74 bits per heavy atom. The van der Waals surface area contributed by atoms with Crippen molar-refractivity contribution in [1.82, 2.24) is 19.8 Å². The summed E-state index contributed by atoms with van der Waals surface area (Å²) < 4.78 is 2.41. The second-order valence-corrected chi connectivity index (χ2v) is 9.46. The van der Waals surface area contributed by atoms with Crippen molar-refractivity contribution in [2.45, 2.75) is 53.6 Å². The van der Waals surface area contributed by atoms with Gasteiger partial charge in [-0.2, -0.15) is 0 Å². The van der Waals surface area contributed by atoms with Gasteiger partial charge in [0.15, 0.2) is 5.11 Å². The molecule has 0 saturated carbocycles. The summed E-state index contributed by atoms with van der Waals surface area (Å²) in [5, 5.41) is 4.39. The van der Waals surface area contributed by atoms with Crippen LogP contribution in [0.25, 0.3) is 5.69 Å². The average Bonchev–Trinajstić information content (AvgIpc) is 3.19. The number of hydrogen-bond donors (Lipinski definition) is 1. The molecule has 2 aromatic heterocycles. The van der Waals surface area contributed by atoms with Crippen molar-refractivity contribution in [2.75, 3.05) is 6.54 Å². The van der Waals surface area contributed by atoms with Crippen molar-refractivity contribution in [2.24, 2.45) is 5.92 Å². The number of pyridine rings is 1. The zero-order valence-corrected chi connectivity index (χ0v) is 20.1. The predicted molar refractivity (Wildman–Crippen MR) is 132 cm³/mol. The minimum absolute atomic E-state index is 0.0272. The first kappa shape index (κ1) is 21.6. The number of aryl methyl sites for hydroxylation is 3. The Labute approximate surface area is 191 Å². The molecular formula is C26H32N4S. The minimum atomic E-state index is 0.0272. The maximum absolute atomic E-state index is 5.81. The third-order valence-electron chi connectivity index (χ3n) is 6.21. The number of thiocarbonyl (C=S) groups is 1. The molecule has 0 radical (unpaired) electrons. The summed E-state index contributed by atoms with van der Waals surface area (Å²) in [6.07, 6.45) is 1.86. The van der Waals surface area contributed by atoms with Crippen LogP contribution in [0.4, 0.5) is 0 Å². The van der Waals surface area contributed by atoms with Gasteiger partial charge in [-0.15, -0.1) is 0 Å². The molecule has 3 heterocycles. The fourth-order valence-electron chi connectivity index (χ4n) is 4.92. The number of nitrogens with zero attached hydrogens (tertiary/aromatic N) is 3. The van der Waals surface area contributed by atoms with E-state index in [1.165, 1.54) is 33.8 Å². The van der Waals surface area contributed by atoms with Gasteiger partial charge in [0.25, 0.3) is 0 Å². The van der Waals surface area contributed by atoms with E-state index in [-0.39, 0.29) is 12.1 Å². The quantitative estimate of drug-likeness (QED) is 0.522. The van der Waals surface area contributed by atoms with E-state index in [1.807, 2.05) is 12.3 Å². The Morgan fingerprint density at radius 3 is 2.35 bits per heavy atom. The highest BCUT2D eigenvalue weighted by atomic mass is 32.1. The standard InChI is InChI=1S/C26H32N4S/c1-16(2)15-29-25(23(28-26(29)31)22-12-7-8-13-27-22)21-14-19(5)30(20(21)6)24-17(3)10-9-11-18(24)4/h7-14,16,23,25H,15H2,1-6H3,(H,28,31)/t23-,25+/m1/s1. The number of aromatic nitrogens is 2. The largest absolute Gasteiger partial charge is 0.352 e. The van der Waals surface area contributed by atoms with Gasteiger partial charge in [0.2, 0.25) is 0 Å². The smallest absolute Gasteiger partial charge is 0.170 e. The summed E-state index contributed by atoms with van der Waals surface area (Å²) in [4.78, 5) is 7.03. The van der Waals surface area contributed by atoms with E-state index in [9.17, 15) is 0 Å². The number of nitrogens with one attached hydrogen (secondary N) is 1.